The van der Waals surface area contributed by atoms with Gasteiger partial charge in [-0.15, -0.1) is 0 Å². The molecule has 0 saturated carbocycles. The Bertz CT molecular complexity index is 1190. The summed E-state index contributed by atoms with van der Waals surface area (Å²) in [7, 11) is -0.602. The van der Waals surface area contributed by atoms with E-state index in [-0.39, 0.29) is 22.8 Å². The molecule has 2 atom stereocenters. The lowest BCUT2D eigenvalue weighted by molar-refractivity contribution is -0.127. The van der Waals surface area contributed by atoms with Crippen LogP contribution in [0, 0.1) is 0 Å². The molecule has 33 heavy (non-hydrogen) atoms. The molecule has 2 heterocycles. The van der Waals surface area contributed by atoms with Gasteiger partial charge >= 0.3 is 0 Å². The van der Waals surface area contributed by atoms with E-state index in [0.29, 0.717) is 36.5 Å². The van der Waals surface area contributed by atoms with E-state index in [1.54, 1.807) is 28.0 Å². The van der Waals surface area contributed by atoms with Crippen molar-refractivity contribution in [3.05, 3.63) is 42.5 Å². The smallest absolute Gasteiger partial charge is 0.256 e. The van der Waals surface area contributed by atoms with E-state index in [9.17, 15) is 18.0 Å². The van der Waals surface area contributed by atoms with E-state index in [2.05, 4.69) is 0 Å². The van der Waals surface area contributed by atoms with Gasteiger partial charge in [-0.25, -0.2) is 12.7 Å². The van der Waals surface area contributed by atoms with Crippen molar-refractivity contribution in [3.63, 3.8) is 0 Å². The Morgan fingerprint density at radius 3 is 2.42 bits per heavy atom. The zero-order valence-corrected chi connectivity index (χ0v) is 20.1. The second-order valence-electron chi connectivity index (χ2n) is 8.71. The minimum atomic E-state index is -3.59. The number of ether oxygens (including phenoxy) is 1. The zero-order valence-electron chi connectivity index (χ0n) is 19.3. The number of carbonyl (C=O) groups is 2. The van der Waals surface area contributed by atoms with Crippen molar-refractivity contribution in [1.82, 2.24) is 4.31 Å². The fraction of sp³-hybridized carbons (Fsp3) is 0.417. The average molecular weight is 472 g/mol. The molecule has 1 fully saturated rings. The first-order chi connectivity index (χ1) is 15.6. The lowest BCUT2D eigenvalue weighted by Gasteiger charge is -2.41. The van der Waals surface area contributed by atoms with Crippen LogP contribution in [0.25, 0.3) is 11.1 Å². The maximum atomic E-state index is 13.3. The number of nitrogens with zero attached hydrogens (tertiary/aromatic N) is 3. The number of hydrogen-bond donors (Lipinski definition) is 0. The second-order valence-corrected chi connectivity index (χ2v) is 10.9. The first kappa shape index (κ1) is 23.4. The predicted octanol–water partition coefficient (Wildman–Crippen LogP) is 2.87. The maximum Gasteiger partial charge on any atom is 0.256 e. The fourth-order valence-corrected chi connectivity index (χ4v) is 5.43. The predicted molar refractivity (Wildman–Crippen MR) is 127 cm³/mol. The van der Waals surface area contributed by atoms with Crippen molar-refractivity contribution < 1.29 is 22.7 Å². The Morgan fingerprint density at radius 2 is 1.79 bits per heavy atom. The lowest BCUT2D eigenvalue weighted by atomic mass is 10.00. The molecule has 9 heteroatoms. The van der Waals surface area contributed by atoms with Crippen LogP contribution in [-0.4, -0.2) is 63.9 Å². The number of rotatable bonds is 4. The second kappa shape index (κ2) is 8.89. The van der Waals surface area contributed by atoms with Gasteiger partial charge in [0.25, 0.3) is 5.91 Å². The first-order valence-electron chi connectivity index (χ1n) is 11.0. The molecule has 0 bridgehead atoms. The molecule has 0 spiro atoms. The highest BCUT2D eigenvalue weighted by Crippen LogP contribution is 2.40. The van der Waals surface area contributed by atoms with Crippen LogP contribution < -0.4 is 9.80 Å². The standard InChI is InChI=1S/C24H29N3O5S/c1-16-15-26(24(29)23-9-6-12-32-23)22-14-19(10-11-21(22)27(16)17(2)28)18-7-5-8-20(13-18)33(30,31)25(3)4/h5,7-8,10-11,13-14,16,23H,6,9,12,15H2,1-4H3. The van der Waals surface area contributed by atoms with Crippen LogP contribution in [0.15, 0.2) is 47.4 Å². The van der Waals surface area contributed by atoms with Gasteiger partial charge in [0.2, 0.25) is 15.9 Å². The van der Waals surface area contributed by atoms with Crippen molar-refractivity contribution in [3.8, 4) is 11.1 Å². The molecule has 0 aliphatic carbocycles. The molecule has 2 aromatic carbocycles. The van der Waals surface area contributed by atoms with E-state index < -0.39 is 16.1 Å². The molecule has 8 nitrogen and oxygen atoms in total. The molecule has 0 aromatic heterocycles. The number of anilines is 2. The number of benzene rings is 2. The minimum Gasteiger partial charge on any atom is -0.368 e. The van der Waals surface area contributed by atoms with Crippen LogP contribution >= 0.6 is 0 Å². The fourth-order valence-electron chi connectivity index (χ4n) is 4.49. The number of sulfonamides is 1. The third-order valence-corrected chi connectivity index (χ3v) is 7.98. The van der Waals surface area contributed by atoms with Crippen molar-refractivity contribution in [2.45, 2.75) is 43.7 Å². The Hall–Kier alpha value is -2.75. The summed E-state index contributed by atoms with van der Waals surface area (Å²) in [5, 5.41) is 0. The highest BCUT2D eigenvalue weighted by Gasteiger charge is 2.37. The van der Waals surface area contributed by atoms with Gasteiger partial charge in [0, 0.05) is 34.2 Å². The van der Waals surface area contributed by atoms with Gasteiger partial charge in [-0.2, -0.15) is 0 Å². The molecule has 4 rings (SSSR count). The third kappa shape index (κ3) is 4.28. The van der Waals surface area contributed by atoms with Crippen LogP contribution in [0.3, 0.4) is 0 Å². The summed E-state index contributed by atoms with van der Waals surface area (Å²) < 4.78 is 32.0. The van der Waals surface area contributed by atoms with Gasteiger partial charge in [0.1, 0.15) is 6.10 Å². The monoisotopic (exact) mass is 471 g/mol. The van der Waals surface area contributed by atoms with Crippen molar-refractivity contribution in [2.75, 3.05) is 37.0 Å². The number of hydrogen-bond acceptors (Lipinski definition) is 5. The van der Waals surface area contributed by atoms with E-state index >= 15 is 0 Å². The van der Waals surface area contributed by atoms with Gasteiger partial charge in [-0.1, -0.05) is 18.2 Å². The molecule has 2 aromatic rings. The van der Waals surface area contributed by atoms with Gasteiger partial charge < -0.3 is 14.5 Å². The third-order valence-electron chi connectivity index (χ3n) is 6.17. The SMILES string of the molecule is CC(=O)N1c2ccc(-c3cccc(S(=O)(=O)N(C)C)c3)cc2N(C(=O)C2CCCO2)CC1C. The maximum absolute atomic E-state index is 13.3. The molecule has 2 aliphatic heterocycles. The molecule has 0 N–H and O–H groups in total. The van der Waals surface area contributed by atoms with Crippen LogP contribution in [0.5, 0.6) is 0 Å². The van der Waals surface area contributed by atoms with Crippen LogP contribution in [0.1, 0.15) is 26.7 Å². The molecule has 2 aliphatic rings. The molecule has 1 saturated heterocycles. The zero-order chi connectivity index (χ0) is 23.9. The van der Waals surface area contributed by atoms with Gasteiger partial charge in [-0.3, -0.25) is 9.59 Å². The molecule has 176 valence electrons. The highest BCUT2D eigenvalue weighted by atomic mass is 32.2. The summed E-state index contributed by atoms with van der Waals surface area (Å²) in [6.45, 7) is 4.37. The summed E-state index contributed by atoms with van der Waals surface area (Å²) in [5.41, 5.74) is 2.75. The van der Waals surface area contributed by atoms with Crippen molar-refractivity contribution in [1.29, 1.82) is 0 Å². The van der Waals surface area contributed by atoms with Gasteiger partial charge in [0.15, 0.2) is 0 Å². The van der Waals surface area contributed by atoms with Crippen LogP contribution in [0.2, 0.25) is 0 Å². The average Bonchev–Trinajstić information content (AvgIpc) is 3.32. The van der Waals surface area contributed by atoms with Gasteiger partial charge in [0.05, 0.1) is 22.3 Å². The van der Waals surface area contributed by atoms with E-state index in [1.807, 2.05) is 31.2 Å². The van der Waals surface area contributed by atoms with Crippen LogP contribution in [-0.2, 0) is 24.3 Å². The highest BCUT2D eigenvalue weighted by molar-refractivity contribution is 7.89. The topological polar surface area (TPSA) is 87.2 Å². The summed E-state index contributed by atoms with van der Waals surface area (Å²) in [5.74, 6) is -0.204. The number of fused-ring (bicyclic) bond motifs is 1. The molecular formula is C24H29N3O5S. The van der Waals surface area contributed by atoms with Crippen molar-refractivity contribution >= 4 is 33.2 Å². The van der Waals surface area contributed by atoms with Crippen molar-refractivity contribution in [2.24, 2.45) is 0 Å². The van der Waals surface area contributed by atoms with Crippen LogP contribution in [0.4, 0.5) is 11.4 Å². The number of carbonyl (C=O) groups excluding carboxylic acids is 2. The summed E-state index contributed by atoms with van der Waals surface area (Å²) in [6, 6.07) is 12.1. The minimum absolute atomic E-state index is 0.0974. The summed E-state index contributed by atoms with van der Waals surface area (Å²) in [6.07, 6.45) is 1.05. The summed E-state index contributed by atoms with van der Waals surface area (Å²) in [4.78, 5) is 29.3. The molecular weight excluding hydrogens is 442 g/mol. The Kier molecular flexibility index (Phi) is 6.30. The Morgan fingerprint density at radius 1 is 1.06 bits per heavy atom. The van der Waals surface area contributed by atoms with E-state index in [4.69, 9.17) is 4.74 Å². The summed E-state index contributed by atoms with van der Waals surface area (Å²) >= 11 is 0. The van der Waals surface area contributed by atoms with Gasteiger partial charge in [-0.05, 0) is 55.2 Å². The molecule has 2 amide bonds. The lowest BCUT2D eigenvalue weighted by Crippen LogP contribution is -2.53. The normalized spacial score (nSPS) is 20.8. The quantitative estimate of drug-likeness (QED) is 0.684. The van der Waals surface area contributed by atoms with E-state index in [1.165, 1.54) is 25.3 Å². The first-order valence-corrected chi connectivity index (χ1v) is 12.4. The Labute approximate surface area is 194 Å². The Balaban J connectivity index is 1.81. The largest absolute Gasteiger partial charge is 0.368 e. The number of amides is 2. The van der Waals surface area contributed by atoms with E-state index in [0.717, 1.165) is 12.0 Å². The molecule has 0 radical (unpaired) electrons. The molecule has 2 unspecified atom stereocenters.